The van der Waals surface area contributed by atoms with Gasteiger partial charge in [-0.2, -0.15) is 0 Å². The van der Waals surface area contributed by atoms with Gasteiger partial charge in [0.2, 0.25) is 0 Å². The van der Waals surface area contributed by atoms with E-state index < -0.39 is 0 Å². The van der Waals surface area contributed by atoms with E-state index in [2.05, 4.69) is 9.89 Å². The number of ether oxygens (including phenoxy) is 2. The molecule has 5 heteroatoms. The van der Waals surface area contributed by atoms with E-state index >= 15 is 0 Å². The highest BCUT2D eigenvalue weighted by Gasteiger charge is 2.39. The minimum absolute atomic E-state index is 0.144. The molecule has 160 valence electrons. The van der Waals surface area contributed by atoms with Crippen LogP contribution in [0.5, 0.6) is 11.5 Å². The Hall–Kier alpha value is -3.08. The van der Waals surface area contributed by atoms with Gasteiger partial charge in [0.1, 0.15) is 11.5 Å². The number of carbonyl (C=O) groups is 1. The lowest BCUT2D eigenvalue weighted by atomic mass is 9.88. The first kappa shape index (κ1) is 19.9. The quantitative estimate of drug-likeness (QED) is 0.672. The molecule has 0 N–H and O–H groups in total. The van der Waals surface area contributed by atoms with Crippen molar-refractivity contribution in [1.82, 2.24) is 4.90 Å². The molecule has 1 unspecified atom stereocenters. The molecule has 1 saturated carbocycles. The maximum Gasteiger partial charge on any atom is 0.254 e. The second-order valence-corrected chi connectivity index (χ2v) is 8.55. The van der Waals surface area contributed by atoms with Crippen LogP contribution in [0.3, 0.4) is 0 Å². The minimum atomic E-state index is 0.144. The molecule has 1 atom stereocenters. The summed E-state index contributed by atoms with van der Waals surface area (Å²) < 4.78 is 11.1. The number of carbonyl (C=O) groups excluding carboxylic acids is 1. The van der Waals surface area contributed by atoms with Gasteiger partial charge in [-0.15, -0.1) is 0 Å². The summed E-state index contributed by atoms with van der Waals surface area (Å²) in [6, 6.07) is 14.3. The summed E-state index contributed by atoms with van der Waals surface area (Å²) in [4.78, 5) is 20.1. The smallest absolute Gasteiger partial charge is 0.254 e. The fourth-order valence-electron chi connectivity index (χ4n) is 4.88. The van der Waals surface area contributed by atoms with Crippen molar-refractivity contribution < 1.29 is 14.3 Å². The van der Waals surface area contributed by atoms with Crippen LogP contribution in [0.4, 0.5) is 0 Å². The Bertz CT molecular complexity index is 1030. The van der Waals surface area contributed by atoms with Crippen LogP contribution in [0.1, 0.15) is 42.5 Å². The average Bonchev–Trinajstić information content (AvgIpc) is 3.54. The fourth-order valence-corrected chi connectivity index (χ4v) is 4.88. The van der Waals surface area contributed by atoms with Crippen molar-refractivity contribution in [2.24, 2.45) is 4.99 Å². The van der Waals surface area contributed by atoms with Crippen LogP contribution in [0.25, 0.3) is 11.1 Å². The molecule has 2 aromatic rings. The van der Waals surface area contributed by atoms with Crippen LogP contribution >= 0.6 is 0 Å². The minimum Gasteiger partial charge on any atom is -0.496 e. The lowest BCUT2D eigenvalue weighted by Crippen LogP contribution is -2.43. The van der Waals surface area contributed by atoms with Gasteiger partial charge in [-0.25, -0.2) is 0 Å². The molecule has 0 spiro atoms. The topological polar surface area (TPSA) is 51.1 Å². The van der Waals surface area contributed by atoms with Crippen molar-refractivity contribution in [3.63, 3.8) is 0 Å². The van der Waals surface area contributed by atoms with Crippen LogP contribution in [0, 0.1) is 0 Å². The van der Waals surface area contributed by atoms with Gasteiger partial charge in [-0.3, -0.25) is 9.79 Å². The Balaban J connectivity index is 1.40. The molecule has 0 radical (unpaired) electrons. The zero-order valence-electron chi connectivity index (χ0n) is 18.1. The van der Waals surface area contributed by atoms with Crippen LogP contribution in [0.15, 0.2) is 58.6 Å². The maximum atomic E-state index is 13.5. The molecule has 0 bridgehead atoms. The molecular formula is C26H28N2O3. The molecule has 1 fully saturated rings. The summed E-state index contributed by atoms with van der Waals surface area (Å²) in [5.74, 6) is 1.65. The molecule has 1 heterocycles. The van der Waals surface area contributed by atoms with Gasteiger partial charge < -0.3 is 14.4 Å². The van der Waals surface area contributed by atoms with Crippen LogP contribution in [-0.2, 0) is 0 Å². The Morgan fingerprint density at radius 1 is 0.968 bits per heavy atom. The molecule has 3 aliphatic rings. The van der Waals surface area contributed by atoms with Crippen molar-refractivity contribution in [1.29, 1.82) is 0 Å². The summed E-state index contributed by atoms with van der Waals surface area (Å²) in [5, 5.41) is 0. The normalized spacial score (nSPS) is 19.9. The monoisotopic (exact) mass is 416 g/mol. The number of hydrogen-bond donors (Lipinski definition) is 0. The SMILES string of the molecule is COc1cccc(OC)c1-c1ccc(C(=O)N(C2CC2)C2CCC3=C(C=NC3)C2)cc1. The van der Waals surface area contributed by atoms with E-state index in [1.165, 1.54) is 11.1 Å². The number of rotatable bonds is 6. The standard InChI is InChI=1S/C26H28N2O3/c1-30-23-4-3-5-24(31-2)25(23)17-6-8-18(9-7-17)26(29)28(21-12-13-21)22-11-10-19-15-27-16-20(19)14-22/h3-9,16,21-22H,10-15H2,1-2H3. The van der Waals surface area contributed by atoms with Crippen LogP contribution < -0.4 is 9.47 Å². The zero-order valence-corrected chi connectivity index (χ0v) is 18.1. The molecule has 1 amide bonds. The van der Waals surface area contributed by atoms with Gasteiger partial charge in [0, 0.05) is 23.9 Å². The number of methoxy groups -OCH3 is 2. The highest BCUT2D eigenvalue weighted by Crippen LogP contribution is 2.40. The second-order valence-electron chi connectivity index (χ2n) is 8.55. The third kappa shape index (κ3) is 3.73. The van der Waals surface area contributed by atoms with Gasteiger partial charge in [-0.1, -0.05) is 18.2 Å². The Labute approximate surface area is 183 Å². The van der Waals surface area contributed by atoms with E-state index in [4.69, 9.17) is 9.47 Å². The number of aliphatic imine (C=N–C) groups is 1. The molecule has 5 rings (SSSR count). The zero-order chi connectivity index (χ0) is 21.4. The molecular weight excluding hydrogens is 388 g/mol. The van der Waals surface area contributed by atoms with E-state index in [1.807, 2.05) is 48.7 Å². The van der Waals surface area contributed by atoms with E-state index in [0.29, 0.717) is 6.04 Å². The third-order valence-corrected chi connectivity index (χ3v) is 6.63. The van der Waals surface area contributed by atoms with Gasteiger partial charge >= 0.3 is 0 Å². The summed E-state index contributed by atoms with van der Waals surface area (Å²) >= 11 is 0. The van der Waals surface area contributed by atoms with E-state index in [0.717, 1.165) is 66.8 Å². The molecule has 5 nitrogen and oxygen atoms in total. The van der Waals surface area contributed by atoms with Crippen molar-refractivity contribution in [3.05, 3.63) is 59.2 Å². The summed E-state index contributed by atoms with van der Waals surface area (Å²) in [6.45, 7) is 0.854. The Morgan fingerprint density at radius 2 is 1.68 bits per heavy atom. The number of hydrogen-bond acceptors (Lipinski definition) is 4. The highest BCUT2D eigenvalue weighted by atomic mass is 16.5. The lowest BCUT2D eigenvalue weighted by Gasteiger charge is -2.35. The van der Waals surface area contributed by atoms with E-state index in [1.54, 1.807) is 14.2 Å². The van der Waals surface area contributed by atoms with Gasteiger partial charge in [0.25, 0.3) is 5.91 Å². The number of nitrogens with zero attached hydrogens (tertiary/aromatic N) is 2. The molecule has 1 aliphatic heterocycles. The molecule has 0 saturated heterocycles. The molecule has 31 heavy (non-hydrogen) atoms. The fraction of sp³-hybridized carbons (Fsp3) is 0.385. The molecule has 2 aliphatic carbocycles. The Kier molecular flexibility index (Phi) is 5.26. The summed E-state index contributed by atoms with van der Waals surface area (Å²) in [6.07, 6.45) is 7.28. The van der Waals surface area contributed by atoms with E-state index in [9.17, 15) is 4.79 Å². The summed E-state index contributed by atoms with van der Waals surface area (Å²) in [5.41, 5.74) is 5.43. The second kappa shape index (κ2) is 8.22. The van der Waals surface area contributed by atoms with Crippen LogP contribution in [-0.4, -0.2) is 49.9 Å². The molecule has 2 aromatic carbocycles. The predicted octanol–water partition coefficient (Wildman–Crippen LogP) is 4.91. The van der Waals surface area contributed by atoms with Gasteiger partial charge in [-0.05, 0) is 73.1 Å². The number of amides is 1. The van der Waals surface area contributed by atoms with Crippen molar-refractivity contribution in [2.75, 3.05) is 20.8 Å². The van der Waals surface area contributed by atoms with Crippen molar-refractivity contribution in [3.8, 4) is 22.6 Å². The van der Waals surface area contributed by atoms with Gasteiger partial charge in [0.15, 0.2) is 0 Å². The highest BCUT2D eigenvalue weighted by molar-refractivity contribution is 5.96. The first-order valence-electron chi connectivity index (χ1n) is 11.0. The van der Waals surface area contributed by atoms with Crippen LogP contribution in [0.2, 0.25) is 0 Å². The largest absolute Gasteiger partial charge is 0.496 e. The van der Waals surface area contributed by atoms with E-state index in [-0.39, 0.29) is 11.9 Å². The van der Waals surface area contributed by atoms with Crippen molar-refractivity contribution in [2.45, 2.75) is 44.2 Å². The van der Waals surface area contributed by atoms with Crippen molar-refractivity contribution >= 4 is 12.1 Å². The number of benzene rings is 2. The predicted molar refractivity (Wildman–Crippen MR) is 122 cm³/mol. The third-order valence-electron chi connectivity index (χ3n) is 6.63. The Morgan fingerprint density at radius 3 is 2.32 bits per heavy atom. The van der Waals surface area contributed by atoms with Gasteiger partial charge in [0.05, 0.1) is 26.3 Å². The average molecular weight is 417 g/mol. The first-order chi connectivity index (χ1) is 15.2. The maximum absolute atomic E-state index is 13.5. The lowest BCUT2D eigenvalue weighted by molar-refractivity contribution is 0.0645. The summed E-state index contributed by atoms with van der Waals surface area (Å²) in [7, 11) is 3.31. The first-order valence-corrected chi connectivity index (χ1v) is 11.0. The molecule has 0 aromatic heterocycles.